The average Bonchev–Trinajstić information content (AvgIpc) is 2.77. The lowest BCUT2D eigenvalue weighted by molar-refractivity contribution is 0.0539. The van der Waals surface area contributed by atoms with Gasteiger partial charge in [-0.1, -0.05) is 12.2 Å². The molecule has 1 aromatic heterocycles. The van der Waals surface area contributed by atoms with Crippen LogP contribution in [0.2, 0.25) is 0 Å². The number of nitrogens with two attached hydrogens (primary N) is 1. The maximum Gasteiger partial charge on any atom is 0.255 e. The normalized spacial score (nSPS) is 17.0. The van der Waals surface area contributed by atoms with Crippen LogP contribution in [0.1, 0.15) is 24.2 Å². The van der Waals surface area contributed by atoms with E-state index in [1.54, 1.807) is 0 Å². The largest absolute Gasteiger partial charge is 0.392 e. The molecule has 116 valence electrons. The molecule has 0 spiro atoms. The van der Waals surface area contributed by atoms with Gasteiger partial charge in [-0.15, -0.1) is 11.3 Å². The van der Waals surface area contributed by atoms with Crippen LogP contribution < -0.4 is 5.73 Å². The van der Waals surface area contributed by atoms with Crippen molar-refractivity contribution in [3.63, 3.8) is 0 Å². The summed E-state index contributed by atoms with van der Waals surface area (Å²) in [6.45, 7) is 6.98. The third-order valence-electron chi connectivity index (χ3n) is 3.85. The monoisotopic (exact) mass is 453 g/mol. The van der Waals surface area contributed by atoms with E-state index in [-0.39, 0.29) is 11.4 Å². The first-order chi connectivity index (χ1) is 9.73. The van der Waals surface area contributed by atoms with E-state index in [1.165, 1.54) is 11.3 Å². The molecule has 2 heterocycles. The molecule has 0 atom stereocenters. The molecule has 4 nitrogen and oxygen atoms in total. The number of nitrogens with zero attached hydrogens (tertiary/aromatic N) is 2. The Morgan fingerprint density at radius 3 is 2.33 bits per heavy atom. The molecule has 0 aromatic carbocycles. The predicted octanol–water partition coefficient (Wildman–Crippen LogP) is 3.10. The Labute approximate surface area is 150 Å². The molecule has 1 fully saturated rings. The van der Waals surface area contributed by atoms with E-state index in [1.807, 2.05) is 24.8 Å². The van der Waals surface area contributed by atoms with Crippen molar-refractivity contribution in [2.24, 2.45) is 5.73 Å². The quantitative estimate of drug-likeness (QED) is 0.713. The molecule has 1 aliphatic heterocycles. The molecule has 8 heteroatoms. The van der Waals surface area contributed by atoms with Crippen LogP contribution in [-0.4, -0.2) is 52.4 Å². The van der Waals surface area contributed by atoms with Crippen molar-refractivity contribution in [1.82, 2.24) is 9.80 Å². The van der Waals surface area contributed by atoms with Crippen LogP contribution in [0.25, 0.3) is 0 Å². The molecule has 1 saturated heterocycles. The second-order valence-electron chi connectivity index (χ2n) is 5.44. The van der Waals surface area contributed by atoms with Crippen molar-refractivity contribution in [3.05, 3.63) is 19.2 Å². The minimum Gasteiger partial charge on any atom is -0.392 e. The van der Waals surface area contributed by atoms with Gasteiger partial charge < -0.3 is 10.6 Å². The topological polar surface area (TPSA) is 49.6 Å². The van der Waals surface area contributed by atoms with Gasteiger partial charge in [0.1, 0.15) is 0 Å². The summed E-state index contributed by atoms with van der Waals surface area (Å²) in [5.74, 6) is 0.0663. The molecule has 0 unspecified atom stereocenters. The minimum atomic E-state index is -0.309. The Morgan fingerprint density at radius 2 is 1.90 bits per heavy atom. The highest BCUT2D eigenvalue weighted by Crippen LogP contribution is 2.33. The van der Waals surface area contributed by atoms with Crippen molar-refractivity contribution >= 4 is 66.3 Å². The van der Waals surface area contributed by atoms with Crippen LogP contribution in [0.15, 0.2) is 13.6 Å². The Bertz CT molecular complexity index is 566. The number of hydrogen-bond acceptors (Lipinski definition) is 4. The maximum absolute atomic E-state index is 12.5. The van der Waals surface area contributed by atoms with Crippen LogP contribution in [0.4, 0.5) is 0 Å². The fraction of sp³-hybridized carbons (Fsp3) is 0.538. The molecule has 1 amide bonds. The number of amides is 1. The summed E-state index contributed by atoms with van der Waals surface area (Å²) < 4.78 is 1.82. The van der Waals surface area contributed by atoms with Gasteiger partial charge in [0.05, 0.1) is 23.7 Å². The highest BCUT2D eigenvalue weighted by atomic mass is 79.9. The van der Waals surface area contributed by atoms with Crippen LogP contribution >= 0.6 is 55.4 Å². The predicted molar refractivity (Wildman–Crippen MR) is 98.1 cm³/mol. The lowest BCUT2D eigenvalue weighted by atomic mass is 10.0. The van der Waals surface area contributed by atoms with Crippen molar-refractivity contribution in [1.29, 1.82) is 0 Å². The summed E-state index contributed by atoms with van der Waals surface area (Å²) in [6, 6.07) is 1.86. The molecule has 21 heavy (non-hydrogen) atoms. The molecule has 2 N–H and O–H groups in total. The smallest absolute Gasteiger partial charge is 0.255 e. The summed E-state index contributed by atoms with van der Waals surface area (Å²) in [7, 11) is 0. The fourth-order valence-electron chi connectivity index (χ4n) is 2.28. The van der Waals surface area contributed by atoms with Crippen molar-refractivity contribution in [2.45, 2.75) is 19.4 Å². The molecule has 0 saturated carbocycles. The van der Waals surface area contributed by atoms with Gasteiger partial charge in [0, 0.05) is 26.2 Å². The summed E-state index contributed by atoms with van der Waals surface area (Å²) in [4.78, 5) is 17.1. The molecular formula is C13H17Br2N3OS2. The first kappa shape index (κ1) is 17.3. The lowest BCUT2D eigenvalue weighted by Crippen LogP contribution is -2.59. The zero-order valence-electron chi connectivity index (χ0n) is 11.9. The van der Waals surface area contributed by atoms with Crippen LogP contribution in [0.5, 0.6) is 0 Å². The van der Waals surface area contributed by atoms with Gasteiger partial charge in [-0.2, -0.15) is 0 Å². The summed E-state index contributed by atoms with van der Waals surface area (Å²) in [5.41, 5.74) is 6.22. The van der Waals surface area contributed by atoms with Gasteiger partial charge in [0.25, 0.3) is 5.91 Å². The van der Waals surface area contributed by atoms with Crippen molar-refractivity contribution in [2.75, 3.05) is 26.2 Å². The van der Waals surface area contributed by atoms with Crippen molar-refractivity contribution in [3.8, 4) is 0 Å². The zero-order chi connectivity index (χ0) is 15.8. The number of halogens is 2. The molecule has 2 rings (SSSR count). The Kier molecular flexibility index (Phi) is 5.46. The number of piperazine rings is 1. The Balaban J connectivity index is 2.03. The van der Waals surface area contributed by atoms with Crippen molar-refractivity contribution < 1.29 is 4.79 Å². The first-order valence-corrected chi connectivity index (χ1v) is 9.33. The highest BCUT2D eigenvalue weighted by molar-refractivity contribution is 9.12. The van der Waals surface area contributed by atoms with Gasteiger partial charge in [0.15, 0.2) is 0 Å². The number of carbonyl (C=O) groups excluding carboxylic acids is 1. The van der Waals surface area contributed by atoms with E-state index in [9.17, 15) is 4.79 Å². The Morgan fingerprint density at radius 1 is 1.33 bits per heavy atom. The zero-order valence-corrected chi connectivity index (χ0v) is 16.7. The molecule has 0 radical (unpaired) electrons. The summed E-state index contributed by atoms with van der Waals surface area (Å²) in [5, 5.41) is 0. The number of thiophene rings is 1. The van der Waals surface area contributed by atoms with E-state index in [4.69, 9.17) is 18.0 Å². The summed E-state index contributed by atoms with van der Waals surface area (Å²) in [6.07, 6.45) is 0. The van der Waals surface area contributed by atoms with Gasteiger partial charge in [-0.25, -0.2) is 0 Å². The van der Waals surface area contributed by atoms with Gasteiger partial charge >= 0.3 is 0 Å². The van der Waals surface area contributed by atoms with E-state index in [0.717, 1.165) is 20.7 Å². The number of hydrogen-bond donors (Lipinski definition) is 1. The van der Waals surface area contributed by atoms with Gasteiger partial charge in [-0.3, -0.25) is 9.69 Å². The standard InChI is InChI=1S/C13H17Br2N3OS2/c1-13(2,12(16)20)18-5-3-17(4-6-18)11(19)8-7-9(14)21-10(8)15/h7H,3-6H2,1-2H3,(H2,16,20). The second-order valence-corrected chi connectivity index (χ2v) is 9.63. The van der Waals surface area contributed by atoms with Crippen LogP contribution in [-0.2, 0) is 0 Å². The molecular weight excluding hydrogens is 438 g/mol. The van der Waals surface area contributed by atoms with Crippen LogP contribution in [0.3, 0.4) is 0 Å². The number of rotatable bonds is 3. The second kappa shape index (κ2) is 6.62. The van der Waals surface area contributed by atoms with E-state index >= 15 is 0 Å². The lowest BCUT2D eigenvalue weighted by Gasteiger charge is -2.43. The van der Waals surface area contributed by atoms with Gasteiger partial charge in [0.2, 0.25) is 0 Å². The SMILES string of the molecule is CC(C)(C(N)=S)N1CCN(C(=O)c2cc(Br)sc2Br)CC1. The molecule has 0 bridgehead atoms. The summed E-state index contributed by atoms with van der Waals surface area (Å²) >= 11 is 13.5. The third kappa shape index (κ3) is 3.67. The van der Waals surface area contributed by atoms with E-state index < -0.39 is 0 Å². The average molecular weight is 455 g/mol. The first-order valence-electron chi connectivity index (χ1n) is 6.52. The fourth-order valence-corrected chi connectivity index (χ4v) is 5.19. The maximum atomic E-state index is 12.5. The van der Waals surface area contributed by atoms with E-state index in [0.29, 0.717) is 23.6 Å². The molecule has 0 aliphatic carbocycles. The van der Waals surface area contributed by atoms with Gasteiger partial charge in [-0.05, 0) is 51.8 Å². The molecule has 1 aromatic rings. The Hall–Kier alpha value is -0.0200. The number of carbonyl (C=O) groups is 1. The third-order valence-corrected chi connectivity index (χ3v) is 6.69. The number of thiocarbonyl (C=S) groups is 1. The van der Waals surface area contributed by atoms with Crippen LogP contribution in [0, 0.1) is 0 Å². The van der Waals surface area contributed by atoms with E-state index in [2.05, 4.69) is 36.8 Å². The highest BCUT2D eigenvalue weighted by Gasteiger charge is 2.34. The minimum absolute atomic E-state index is 0.0663. The molecule has 1 aliphatic rings.